The molecule has 0 radical (unpaired) electrons. The first-order chi connectivity index (χ1) is 13.5. The minimum Gasteiger partial charge on any atom is -0.454 e. The number of carbonyl (C=O) groups excluding carboxylic acids is 2. The van der Waals surface area contributed by atoms with E-state index in [1.807, 2.05) is 0 Å². The zero-order chi connectivity index (χ0) is 19.7. The van der Waals surface area contributed by atoms with Crippen molar-refractivity contribution in [3.8, 4) is 11.5 Å². The molecule has 146 valence electrons. The molecule has 2 N–H and O–H groups in total. The first kappa shape index (κ1) is 18.0. The van der Waals surface area contributed by atoms with Crippen molar-refractivity contribution in [3.05, 3.63) is 48.0 Å². The summed E-state index contributed by atoms with van der Waals surface area (Å²) < 4.78 is 37.8. The van der Waals surface area contributed by atoms with Crippen LogP contribution < -0.4 is 25.0 Å². The third-order valence-electron chi connectivity index (χ3n) is 4.63. The van der Waals surface area contributed by atoms with Gasteiger partial charge in [-0.3, -0.25) is 4.79 Å². The van der Waals surface area contributed by atoms with E-state index in [4.69, 9.17) is 9.47 Å². The van der Waals surface area contributed by atoms with E-state index in [9.17, 15) is 18.4 Å². The molecule has 1 atom stereocenters. The Bertz CT molecular complexity index is 917. The number of carbonyl (C=O) groups is 2. The van der Waals surface area contributed by atoms with Crippen molar-refractivity contribution in [3.63, 3.8) is 0 Å². The van der Waals surface area contributed by atoms with Crippen LogP contribution in [0.3, 0.4) is 0 Å². The molecule has 2 aromatic rings. The summed E-state index contributed by atoms with van der Waals surface area (Å²) in [5.41, 5.74) is 0.180. The second kappa shape index (κ2) is 7.34. The van der Waals surface area contributed by atoms with E-state index in [0.29, 0.717) is 23.7 Å². The number of anilines is 2. The smallest absolute Gasteiger partial charge is 0.319 e. The summed E-state index contributed by atoms with van der Waals surface area (Å²) in [4.78, 5) is 25.9. The zero-order valence-electron chi connectivity index (χ0n) is 14.7. The maximum atomic E-state index is 13.6. The van der Waals surface area contributed by atoms with Crippen LogP contribution in [-0.2, 0) is 4.79 Å². The molecule has 1 unspecified atom stereocenters. The first-order valence-corrected chi connectivity index (χ1v) is 8.70. The van der Waals surface area contributed by atoms with Gasteiger partial charge in [0, 0.05) is 37.2 Å². The number of para-hydroxylation sites is 1. The van der Waals surface area contributed by atoms with Crippen LogP contribution >= 0.6 is 0 Å². The summed E-state index contributed by atoms with van der Waals surface area (Å²) in [6.07, 6.45) is 0.253. The summed E-state index contributed by atoms with van der Waals surface area (Å²) in [6.45, 7) is 0.749. The van der Waals surface area contributed by atoms with Gasteiger partial charge in [-0.2, -0.15) is 0 Å². The van der Waals surface area contributed by atoms with Crippen molar-refractivity contribution in [2.24, 2.45) is 5.92 Å². The van der Waals surface area contributed by atoms with Crippen LogP contribution in [0, 0.1) is 17.6 Å². The lowest BCUT2D eigenvalue weighted by molar-refractivity contribution is -0.117. The van der Waals surface area contributed by atoms with E-state index < -0.39 is 23.4 Å². The summed E-state index contributed by atoms with van der Waals surface area (Å²) in [5.74, 6) is -0.718. The van der Waals surface area contributed by atoms with E-state index >= 15 is 0 Å². The van der Waals surface area contributed by atoms with Crippen LogP contribution in [0.1, 0.15) is 6.42 Å². The molecule has 0 aromatic heterocycles. The number of halogens is 2. The summed E-state index contributed by atoms with van der Waals surface area (Å²) in [7, 11) is 0. The molecular weight excluding hydrogens is 372 g/mol. The van der Waals surface area contributed by atoms with Crippen molar-refractivity contribution < 1.29 is 27.8 Å². The predicted molar refractivity (Wildman–Crippen MR) is 96.4 cm³/mol. The molecule has 2 aliphatic rings. The zero-order valence-corrected chi connectivity index (χ0v) is 14.7. The molecule has 1 saturated heterocycles. The average Bonchev–Trinajstić information content (AvgIpc) is 3.28. The molecule has 0 spiro atoms. The second-order valence-corrected chi connectivity index (χ2v) is 6.54. The minimum absolute atomic E-state index is 0.0776. The largest absolute Gasteiger partial charge is 0.454 e. The van der Waals surface area contributed by atoms with Gasteiger partial charge in [0.05, 0.1) is 0 Å². The van der Waals surface area contributed by atoms with E-state index in [2.05, 4.69) is 10.6 Å². The Kier molecular flexibility index (Phi) is 4.72. The lowest BCUT2D eigenvalue weighted by Crippen LogP contribution is -2.34. The predicted octanol–water partition coefficient (Wildman–Crippen LogP) is 2.87. The first-order valence-electron chi connectivity index (χ1n) is 8.70. The molecule has 2 aromatic carbocycles. The third kappa shape index (κ3) is 3.55. The van der Waals surface area contributed by atoms with Crippen molar-refractivity contribution in [1.82, 2.24) is 5.32 Å². The Morgan fingerprint density at radius 3 is 2.68 bits per heavy atom. The van der Waals surface area contributed by atoms with Crippen LogP contribution in [0.5, 0.6) is 11.5 Å². The maximum Gasteiger partial charge on any atom is 0.319 e. The molecule has 1 fully saturated rings. The van der Waals surface area contributed by atoms with Crippen LogP contribution in [-0.4, -0.2) is 31.8 Å². The summed E-state index contributed by atoms with van der Waals surface area (Å²) in [5, 5.41) is 4.71. The van der Waals surface area contributed by atoms with Crippen LogP contribution in [0.4, 0.5) is 25.0 Å². The quantitative estimate of drug-likeness (QED) is 0.843. The van der Waals surface area contributed by atoms with Gasteiger partial charge in [0.25, 0.3) is 0 Å². The van der Waals surface area contributed by atoms with E-state index in [-0.39, 0.29) is 31.6 Å². The molecule has 7 nitrogen and oxygen atoms in total. The van der Waals surface area contributed by atoms with Gasteiger partial charge >= 0.3 is 6.03 Å². The van der Waals surface area contributed by atoms with Crippen molar-refractivity contribution in [2.75, 3.05) is 30.1 Å². The molecule has 2 aliphatic heterocycles. The van der Waals surface area contributed by atoms with Crippen LogP contribution in [0.15, 0.2) is 36.4 Å². The monoisotopic (exact) mass is 389 g/mol. The fourth-order valence-corrected chi connectivity index (χ4v) is 3.23. The number of nitrogens with zero attached hydrogens (tertiary/aromatic N) is 1. The Morgan fingerprint density at radius 2 is 1.89 bits per heavy atom. The Balaban J connectivity index is 1.34. The highest BCUT2D eigenvalue weighted by Crippen LogP contribution is 2.37. The van der Waals surface area contributed by atoms with E-state index in [0.717, 1.165) is 12.1 Å². The summed E-state index contributed by atoms with van der Waals surface area (Å²) >= 11 is 0. The van der Waals surface area contributed by atoms with Gasteiger partial charge in [-0.25, -0.2) is 13.6 Å². The molecule has 0 aliphatic carbocycles. The van der Waals surface area contributed by atoms with Crippen molar-refractivity contribution >= 4 is 23.3 Å². The molecule has 2 heterocycles. The van der Waals surface area contributed by atoms with Gasteiger partial charge in [-0.15, -0.1) is 0 Å². The number of hydrogen-bond acceptors (Lipinski definition) is 4. The molecule has 9 heteroatoms. The standard InChI is InChI=1S/C19H17F2N3O4/c20-13-2-1-3-14(21)18(13)23-19(26)22-8-11-6-17(25)24(9-11)12-4-5-15-16(7-12)28-10-27-15/h1-5,7,11H,6,8-10H2,(H2,22,23,26). The van der Waals surface area contributed by atoms with Gasteiger partial charge in [0.1, 0.15) is 17.3 Å². The van der Waals surface area contributed by atoms with Gasteiger partial charge in [0.2, 0.25) is 12.7 Å². The molecule has 3 amide bonds. The van der Waals surface area contributed by atoms with Gasteiger partial charge in [-0.05, 0) is 24.3 Å². The number of ether oxygens (including phenoxy) is 2. The number of amides is 3. The lowest BCUT2D eigenvalue weighted by Gasteiger charge is -2.17. The molecule has 0 bridgehead atoms. The normalized spacial score (nSPS) is 17.7. The molecule has 0 saturated carbocycles. The number of fused-ring (bicyclic) bond motifs is 1. The molecule has 28 heavy (non-hydrogen) atoms. The fourth-order valence-electron chi connectivity index (χ4n) is 3.23. The van der Waals surface area contributed by atoms with Crippen molar-refractivity contribution in [1.29, 1.82) is 0 Å². The SMILES string of the molecule is O=C(NCC1CC(=O)N(c2ccc3c(c2)OCO3)C1)Nc1c(F)cccc1F. The minimum atomic E-state index is -0.861. The number of nitrogens with one attached hydrogen (secondary N) is 2. The average molecular weight is 389 g/mol. The third-order valence-corrected chi connectivity index (χ3v) is 4.63. The number of urea groups is 1. The maximum absolute atomic E-state index is 13.6. The topological polar surface area (TPSA) is 79.9 Å². The highest BCUT2D eigenvalue weighted by molar-refractivity contribution is 5.96. The molecular formula is C19H17F2N3O4. The van der Waals surface area contributed by atoms with Gasteiger partial charge in [-0.1, -0.05) is 6.07 Å². The van der Waals surface area contributed by atoms with Gasteiger partial charge in [0.15, 0.2) is 11.5 Å². The van der Waals surface area contributed by atoms with E-state index in [1.54, 1.807) is 23.1 Å². The Morgan fingerprint density at radius 1 is 1.14 bits per heavy atom. The lowest BCUT2D eigenvalue weighted by atomic mass is 10.1. The second-order valence-electron chi connectivity index (χ2n) is 6.54. The Labute approximate surface area is 159 Å². The number of benzene rings is 2. The highest BCUT2D eigenvalue weighted by atomic mass is 19.1. The fraction of sp³-hybridized carbons (Fsp3) is 0.263. The molecule has 4 rings (SSSR count). The van der Waals surface area contributed by atoms with E-state index in [1.165, 1.54) is 6.07 Å². The van der Waals surface area contributed by atoms with Crippen LogP contribution in [0.2, 0.25) is 0 Å². The number of rotatable bonds is 4. The van der Waals surface area contributed by atoms with Gasteiger partial charge < -0.3 is 25.0 Å². The Hall–Kier alpha value is -3.36. The summed E-state index contributed by atoms with van der Waals surface area (Å²) in [6, 6.07) is 7.83. The highest BCUT2D eigenvalue weighted by Gasteiger charge is 2.31. The van der Waals surface area contributed by atoms with Crippen LogP contribution in [0.25, 0.3) is 0 Å². The van der Waals surface area contributed by atoms with Crippen molar-refractivity contribution in [2.45, 2.75) is 6.42 Å². The number of hydrogen-bond donors (Lipinski definition) is 2.